The molecule has 0 saturated carbocycles. The zero-order valence-corrected chi connectivity index (χ0v) is 10.0. The summed E-state index contributed by atoms with van der Waals surface area (Å²) >= 11 is 0. The number of hydrogen-bond donors (Lipinski definition) is 1. The second-order valence-electron chi connectivity index (χ2n) is 4.85. The fraction of sp³-hybridized carbons (Fsp3) is 0.429. The van der Waals surface area contributed by atoms with Crippen molar-refractivity contribution in [2.45, 2.75) is 34.1 Å². The van der Waals surface area contributed by atoms with Crippen LogP contribution in [-0.2, 0) is 6.42 Å². The molecular formula is C14H19N. The van der Waals surface area contributed by atoms with Gasteiger partial charge in [-0.2, -0.15) is 0 Å². The minimum absolute atomic E-state index is 0.725. The molecule has 0 spiro atoms. The van der Waals surface area contributed by atoms with Crippen LogP contribution in [0.4, 0.5) is 0 Å². The van der Waals surface area contributed by atoms with Gasteiger partial charge in [-0.3, -0.25) is 0 Å². The predicted octanol–water partition coefficient (Wildman–Crippen LogP) is 3.98. The van der Waals surface area contributed by atoms with Crippen molar-refractivity contribution in [3.63, 3.8) is 0 Å². The van der Waals surface area contributed by atoms with Gasteiger partial charge in [-0.05, 0) is 49.4 Å². The van der Waals surface area contributed by atoms with Gasteiger partial charge in [-0.1, -0.05) is 19.9 Å². The van der Waals surface area contributed by atoms with Crippen LogP contribution in [-0.4, -0.2) is 4.98 Å². The second-order valence-corrected chi connectivity index (χ2v) is 4.85. The van der Waals surface area contributed by atoms with Crippen LogP contribution in [0.5, 0.6) is 0 Å². The summed E-state index contributed by atoms with van der Waals surface area (Å²) in [6, 6.07) is 6.76. The van der Waals surface area contributed by atoms with Crippen LogP contribution in [0.25, 0.3) is 10.9 Å². The molecule has 0 atom stereocenters. The number of aromatic nitrogens is 1. The molecule has 1 aromatic carbocycles. The smallest absolute Gasteiger partial charge is 0.0458 e. The van der Waals surface area contributed by atoms with E-state index in [0.717, 1.165) is 5.92 Å². The minimum Gasteiger partial charge on any atom is -0.358 e. The van der Waals surface area contributed by atoms with Crippen LogP contribution >= 0.6 is 0 Å². The molecule has 0 saturated heterocycles. The van der Waals surface area contributed by atoms with E-state index >= 15 is 0 Å². The molecule has 2 rings (SSSR count). The molecule has 1 nitrogen and oxygen atoms in total. The Morgan fingerprint density at radius 1 is 1.20 bits per heavy atom. The SMILES string of the molecule is Cc1[nH]c2ccc(CC(C)C)cc2c1C. The van der Waals surface area contributed by atoms with Crippen molar-refractivity contribution in [2.24, 2.45) is 5.92 Å². The van der Waals surface area contributed by atoms with E-state index in [1.54, 1.807) is 0 Å². The van der Waals surface area contributed by atoms with Gasteiger partial charge in [-0.15, -0.1) is 0 Å². The molecule has 0 bridgehead atoms. The molecule has 2 aromatic rings. The number of nitrogens with one attached hydrogen (secondary N) is 1. The fourth-order valence-electron chi connectivity index (χ4n) is 2.11. The van der Waals surface area contributed by atoms with E-state index in [1.165, 1.54) is 34.1 Å². The summed E-state index contributed by atoms with van der Waals surface area (Å²) in [5.74, 6) is 0.725. The average molecular weight is 201 g/mol. The highest BCUT2D eigenvalue weighted by Gasteiger charge is 2.05. The summed E-state index contributed by atoms with van der Waals surface area (Å²) in [5, 5.41) is 1.38. The van der Waals surface area contributed by atoms with Gasteiger partial charge >= 0.3 is 0 Å². The lowest BCUT2D eigenvalue weighted by atomic mass is 10.0. The molecule has 1 heteroatoms. The summed E-state index contributed by atoms with van der Waals surface area (Å²) in [6.07, 6.45) is 1.17. The lowest BCUT2D eigenvalue weighted by Crippen LogP contribution is -1.93. The van der Waals surface area contributed by atoms with Gasteiger partial charge in [0.05, 0.1) is 0 Å². The topological polar surface area (TPSA) is 15.8 Å². The first-order valence-electron chi connectivity index (χ1n) is 5.65. The van der Waals surface area contributed by atoms with E-state index in [4.69, 9.17) is 0 Å². The van der Waals surface area contributed by atoms with Crippen LogP contribution in [0, 0.1) is 19.8 Å². The van der Waals surface area contributed by atoms with E-state index < -0.39 is 0 Å². The molecule has 0 aliphatic rings. The van der Waals surface area contributed by atoms with Crippen molar-refractivity contribution >= 4 is 10.9 Å². The first-order valence-corrected chi connectivity index (χ1v) is 5.65. The maximum absolute atomic E-state index is 3.41. The van der Waals surface area contributed by atoms with Gasteiger partial charge < -0.3 is 4.98 Å². The minimum atomic E-state index is 0.725. The maximum atomic E-state index is 3.41. The van der Waals surface area contributed by atoms with Crippen molar-refractivity contribution in [1.82, 2.24) is 4.98 Å². The highest BCUT2D eigenvalue weighted by Crippen LogP contribution is 2.23. The molecule has 80 valence electrons. The molecule has 0 fully saturated rings. The van der Waals surface area contributed by atoms with Crippen molar-refractivity contribution in [2.75, 3.05) is 0 Å². The lowest BCUT2D eigenvalue weighted by Gasteiger charge is -2.04. The van der Waals surface area contributed by atoms with Crippen LogP contribution in [0.1, 0.15) is 30.7 Å². The van der Waals surface area contributed by atoms with Crippen molar-refractivity contribution in [3.05, 3.63) is 35.0 Å². The molecule has 15 heavy (non-hydrogen) atoms. The highest BCUT2D eigenvalue weighted by atomic mass is 14.7. The van der Waals surface area contributed by atoms with Crippen molar-refractivity contribution in [1.29, 1.82) is 0 Å². The number of aromatic amines is 1. The fourth-order valence-corrected chi connectivity index (χ4v) is 2.11. The Hall–Kier alpha value is -1.24. The summed E-state index contributed by atoms with van der Waals surface area (Å²) in [5.41, 5.74) is 5.37. The molecule has 0 aliphatic carbocycles. The van der Waals surface area contributed by atoms with E-state index in [2.05, 4.69) is 50.9 Å². The Morgan fingerprint density at radius 3 is 2.60 bits per heavy atom. The largest absolute Gasteiger partial charge is 0.358 e. The van der Waals surface area contributed by atoms with E-state index in [1.807, 2.05) is 0 Å². The Kier molecular flexibility index (Phi) is 2.56. The van der Waals surface area contributed by atoms with Gasteiger partial charge in [0.1, 0.15) is 0 Å². The number of hydrogen-bond acceptors (Lipinski definition) is 0. The first-order chi connectivity index (χ1) is 7.08. The molecule has 1 N–H and O–H groups in total. The number of benzene rings is 1. The zero-order valence-electron chi connectivity index (χ0n) is 10.0. The van der Waals surface area contributed by atoms with Gasteiger partial charge in [0.15, 0.2) is 0 Å². The predicted molar refractivity (Wildman–Crippen MR) is 66.3 cm³/mol. The van der Waals surface area contributed by atoms with E-state index in [-0.39, 0.29) is 0 Å². The quantitative estimate of drug-likeness (QED) is 0.756. The van der Waals surface area contributed by atoms with Crippen LogP contribution in [0.3, 0.4) is 0 Å². The number of rotatable bonds is 2. The number of fused-ring (bicyclic) bond motifs is 1. The molecule has 0 aliphatic heterocycles. The Morgan fingerprint density at radius 2 is 1.93 bits per heavy atom. The van der Waals surface area contributed by atoms with Crippen LogP contribution in [0.15, 0.2) is 18.2 Å². The van der Waals surface area contributed by atoms with Crippen LogP contribution in [0.2, 0.25) is 0 Å². The van der Waals surface area contributed by atoms with Gasteiger partial charge in [0.25, 0.3) is 0 Å². The Labute approximate surface area is 91.5 Å². The summed E-state index contributed by atoms with van der Waals surface area (Å²) in [4.78, 5) is 3.41. The van der Waals surface area contributed by atoms with Crippen molar-refractivity contribution in [3.8, 4) is 0 Å². The summed E-state index contributed by atoms with van der Waals surface area (Å²) in [6.45, 7) is 8.85. The molecular weight excluding hydrogens is 182 g/mol. The monoisotopic (exact) mass is 201 g/mol. The normalized spacial score (nSPS) is 11.5. The second kappa shape index (κ2) is 3.73. The number of aryl methyl sites for hydroxylation is 2. The maximum Gasteiger partial charge on any atom is 0.0458 e. The molecule has 1 heterocycles. The third-order valence-corrected chi connectivity index (χ3v) is 3.02. The first kappa shape index (κ1) is 10.3. The van der Waals surface area contributed by atoms with E-state index in [0.29, 0.717) is 0 Å². The molecule has 0 amide bonds. The van der Waals surface area contributed by atoms with Gasteiger partial charge in [0.2, 0.25) is 0 Å². The zero-order chi connectivity index (χ0) is 11.0. The highest BCUT2D eigenvalue weighted by molar-refractivity contribution is 5.84. The molecule has 0 radical (unpaired) electrons. The standard InChI is InChI=1S/C14H19N/c1-9(2)7-12-5-6-14-13(8-12)10(3)11(4)15-14/h5-6,8-9,15H,7H2,1-4H3. The molecule has 1 aromatic heterocycles. The van der Waals surface area contributed by atoms with Gasteiger partial charge in [0, 0.05) is 16.6 Å². The average Bonchev–Trinajstić information content (AvgIpc) is 2.43. The van der Waals surface area contributed by atoms with Gasteiger partial charge in [-0.25, -0.2) is 0 Å². The molecule has 0 unspecified atom stereocenters. The Bertz CT molecular complexity index is 477. The third-order valence-electron chi connectivity index (χ3n) is 3.02. The van der Waals surface area contributed by atoms with Crippen molar-refractivity contribution < 1.29 is 0 Å². The number of H-pyrrole nitrogens is 1. The lowest BCUT2D eigenvalue weighted by molar-refractivity contribution is 0.648. The van der Waals surface area contributed by atoms with Crippen LogP contribution < -0.4 is 0 Å². The third kappa shape index (κ3) is 1.92. The summed E-state index contributed by atoms with van der Waals surface area (Å²) < 4.78 is 0. The Balaban J connectivity index is 2.49. The summed E-state index contributed by atoms with van der Waals surface area (Å²) in [7, 11) is 0. The van der Waals surface area contributed by atoms with E-state index in [9.17, 15) is 0 Å².